The van der Waals surface area contributed by atoms with Gasteiger partial charge in [0, 0.05) is 22.5 Å². The average Bonchev–Trinajstić information content (AvgIpc) is 2.76. The van der Waals surface area contributed by atoms with Gasteiger partial charge in [-0.15, -0.1) is 0 Å². The normalized spacial score (nSPS) is 10.9. The van der Waals surface area contributed by atoms with E-state index >= 15 is 0 Å². The lowest BCUT2D eigenvalue weighted by Gasteiger charge is -2.13. The molecule has 2 aromatic carbocycles. The van der Waals surface area contributed by atoms with Gasteiger partial charge in [-0.05, 0) is 42.6 Å². The van der Waals surface area contributed by atoms with Gasteiger partial charge in [0.1, 0.15) is 5.75 Å². The number of ether oxygens (including phenoxy) is 1. The second-order valence-corrected chi connectivity index (χ2v) is 5.00. The van der Waals surface area contributed by atoms with Crippen LogP contribution in [0, 0.1) is 6.92 Å². The number of rotatable bonds is 3. The van der Waals surface area contributed by atoms with Gasteiger partial charge in [0.15, 0.2) is 0 Å². The third-order valence-electron chi connectivity index (χ3n) is 3.65. The molecule has 102 valence electrons. The molecule has 3 nitrogen and oxygen atoms in total. The fourth-order valence-corrected chi connectivity index (χ4v) is 2.65. The van der Waals surface area contributed by atoms with Gasteiger partial charge in [-0.25, -0.2) is 0 Å². The Kier molecular flexibility index (Phi) is 3.11. The second-order valence-electron chi connectivity index (χ2n) is 5.00. The minimum absolute atomic E-state index is 0.758. The zero-order valence-corrected chi connectivity index (χ0v) is 11.8. The Morgan fingerprint density at radius 2 is 1.90 bits per heavy atom. The highest BCUT2D eigenvalue weighted by atomic mass is 16.5. The molecule has 0 atom stereocenters. The van der Waals surface area contributed by atoms with E-state index in [0.29, 0.717) is 0 Å². The number of hydrogen-bond acceptors (Lipinski definition) is 2. The molecule has 0 unspecified atom stereocenters. The van der Waals surface area contributed by atoms with Crippen molar-refractivity contribution >= 4 is 16.6 Å². The van der Waals surface area contributed by atoms with E-state index in [1.807, 2.05) is 18.2 Å². The molecule has 0 aliphatic rings. The van der Waals surface area contributed by atoms with E-state index < -0.39 is 0 Å². The molecule has 1 aromatic heterocycles. The maximum absolute atomic E-state index is 5.90. The number of nitrogens with zero attached hydrogens (tertiary/aromatic N) is 1. The standard InChI is InChI=1S/C17H18N2O/c1-12-9-13-5-3-4-6-16(13)19(12)11-14-10-15(18)7-8-17(14)20-2/h3-10H,11,18H2,1-2H3. The fourth-order valence-electron chi connectivity index (χ4n) is 2.65. The number of benzene rings is 2. The lowest BCUT2D eigenvalue weighted by molar-refractivity contribution is 0.408. The van der Waals surface area contributed by atoms with Crippen LogP contribution in [0.3, 0.4) is 0 Å². The average molecular weight is 266 g/mol. The van der Waals surface area contributed by atoms with Gasteiger partial charge in [-0.3, -0.25) is 0 Å². The molecular formula is C17H18N2O. The topological polar surface area (TPSA) is 40.2 Å². The molecular weight excluding hydrogens is 248 g/mol. The highest BCUT2D eigenvalue weighted by Gasteiger charge is 2.09. The maximum Gasteiger partial charge on any atom is 0.124 e. The first kappa shape index (κ1) is 12.6. The van der Waals surface area contributed by atoms with Gasteiger partial charge >= 0.3 is 0 Å². The molecule has 0 aliphatic carbocycles. The minimum atomic E-state index is 0.758. The predicted octanol–water partition coefficient (Wildman–Crippen LogP) is 3.59. The van der Waals surface area contributed by atoms with E-state index in [2.05, 4.69) is 41.8 Å². The summed E-state index contributed by atoms with van der Waals surface area (Å²) < 4.78 is 7.72. The summed E-state index contributed by atoms with van der Waals surface area (Å²) in [5, 5.41) is 1.26. The van der Waals surface area contributed by atoms with E-state index in [0.717, 1.165) is 23.5 Å². The lowest BCUT2D eigenvalue weighted by atomic mass is 10.1. The van der Waals surface area contributed by atoms with Gasteiger partial charge in [-0.1, -0.05) is 18.2 Å². The monoisotopic (exact) mass is 266 g/mol. The van der Waals surface area contributed by atoms with Crippen molar-refractivity contribution in [2.45, 2.75) is 13.5 Å². The summed E-state index contributed by atoms with van der Waals surface area (Å²) in [4.78, 5) is 0. The Morgan fingerprint density at radius 3 is 2.70 bits per heavy atom. The van der Waals surface area contributed by atoms with Crippen LogP contribution in [0.4, 0.5) is 5.69 Å². The summed E-state index contributed by atoms with van der Waals surface area (Å²) in [5.74, 6) is 0.872. The van der Waals surface area contributed by atoms with Gasteiger partial charge in [0.05, 0.1) is 13.7 Å². The number of hydrogen-bond donors (Lipinski definition) is 1. The molecule has 3 rings (SSSR count). The molecule has 3 aromatic rings. The van der Waals surface area contributed by atoms with Crippen LogP contribution in [0.2, 0.25) is 0 Å². The number of aromatic nitrogens is 1. The van der Waals surface area contributed by atoms with E-state index in [4.69, 9.17) is 10.5 Å². The van der Waals surface area contributed by atoms with Gasteiger partial charge in [0.25, 0.3) is 0 Å². The SMILES string of the molecule is COc1ccc(N)cc1Cn1c(C)cc2ccccc21. The van der Waals surface area contributed by atoms with Crippen molar-refractivity contribution in [3.05, 3.63) is 59.8 Å². The summed E-state index contributed by atoms with van der Waals surface area (Å²) in [6.07, 6.45) is 0. The number of nitrogens with two attached hydrogens (primary N) is 1. The number of aryl methyl sites for hydroxylation is 1. The van der Waals surface area contributed by atoms with Crippen LogP contribution in [0.15, 0.2) is 48.5 Å². The summed E-state index contributed by atoms with van der Waals surface area (Å²) in [6, 6.07) is 16.4. The molecule has 0 saturated carbocycles. The van der Waals surface area contributed by atoms with E-state index in [1.54, 1.807) is 7.11 Å². The van der Waals surface area contributed by atoms with E-state index in [-0.39, 0.29) is 0 Å². The lowest BCUT2D eigenvalue weighted by Crippen LogP contribution is -2.04. The Hall–Kier alpha value is -2.42. The molecule has 0 spiro atoms. The van der Waals surface area contributed by atoms with E-state index in [1.165, 1.54) is 16.6 Å². The smallest absolute Gasteiger partial charge is 0.124 e. The van der Waals surface area contributed by atoms with Crippen molar-refractivity contribution in [3.63, 3.8) is 0 Å². The zero-order valence-electron chi connectivity index (χ0n) is 11.8. The van der Waals surface area contributed by atoms with Crippen LogP contribution in [0.25, 0.3) is 10.9 Å². The first-order valence-corrected chi connectivity index (χ1v) is 6.66. The Labute approximate surface area is 118 Å². The molecule has 0 saturated heterocycles. The highest BCUT2D eigenvalue weighted by molar-refractivity contribution is 5.81. The number of para-hydroxylation sites is 1. The molecule has 0 fully saturated rings. The quantitative estimate of drug-likeness (QED) is 0.736. The molecule has 20 heavy (non-hydrogen) atoms. The van der Waals surface area contributed by atoms with Crippen LogP contribution in [-0.4, -0.2) is 11.7 Å². The highest BCUT2D eigenvalue weighted by Crippen LogP contribution is 2.26. The van der Waals surface area contributed by atoms with Crippen LogP contribution < -0.4 is 10.5 Å². The molecule has 0 bridgehead atoms. The van der Waals surface area contributed by atoms with Crippen molar-refractivity contribution in [2.24, 2.45) is 0 Å². The molecule has 0 aliphatic heterocycles. The van der Waals surface area contributed by atoms with E-state index in [9.17, 15) is 0 Å². The molecule has 1 heterocycles. The van der Waals surface area contributed by atoms with Crippen molar-refractivity contribution in [1.29, 1.82) is 0 Å². The number of methoxy groups -OCH3 is 1. The van der Waals surface area contributed by atoms with Gasteiger partial charge in [0.2, 0.25) is 0 Å². The molecule has 0 amide bonds. The Balaban J connectivity index is 2.09. The third kappa shape index (κ3) is 2.11. The molecule has 3 heteroatoms. The van der Waals surface area contributed by atoms with Crippen LogP contribution in [0.1, 0.15) is 11.3 Å². The van der Waals surface area contributed by atoms with Crippen molar-refractivity contribution in [2.75, 3.05) is 12.8 Å². The van der Waals surface area contributed by atoms with Crippen LogP contribution >= 0.6 is 0 Å². The van der Waals surface area contributed by atoms with Crippen molar-refractivity contribution in [1.82, 2.24) is 4.57 Å². The van der Waals surface area contributed by atoms with Crippen LogP contribution in [-0.2, 0) is 6.54 Å². The van der Waals surface area contributed by atoms with Crippen LogP contribution in [0.5, 0.6) is 5.75 Å². The third-order valence-corrected chi connectivity index (χ3v) is 3.65. The summed E-state index contributed by atoms with van der Waals surface area (Å²) in [6.45, 7) is 2.88. The summed E-state index contributed by atoms with van der Waals surface area (Å²) in [5.41, 5.74) is 10.2. The second kappa shape index (κ2) is 4.93. The van der Waals surface area contributed by atoms with Gasteiger partial charge < -0.3 is 15.0 Å². The summed E-state index contributed by atoms with van der Waals surface area (Å²) >= 11 is 0. The Bertz CT molecular complexity index is 759. The largest absolute Gasteiger partial charge is 0.496 e. The molecule has 2 N–H and O–H groups in total. The van der Waals surface area contributed by atoms with Crippen molar-refractivity contribution in [3.8, 4) is 5.75 Å². The number of anilines is 1. The van der Waals surface area contributed by atoms with Crippen molar-refractivity contribution < 1.29 is 4.74 Å². The zero-order chi connectivity index (χ0) is 14.1. The minimum Gasteiger partial charge on any atom is -0.496 e. The Morgan fingerprint density at radius 1 is 1.10 bits per heavy atom. The fraction of sp³-hybridized carbons (Fsp3) is 0.176. The number of fused-ring (bicyclic) bond motifs is 1. The molecule has 0 radical (unpaired) electrons. The number of nitrogen functional groups attached to an aromatic ring is 1. The first-order chi connectivity index (χ1) is 9.69. The summed E-state index contributed by atoms with van der Waals surface area (Å²) in [7, 11) is 1.69. The predicted molar refractivity (Wildman–Crippen MR) is 83.2 cm³/mol. The van der Waals surface area contributed by atoms with Gasteiger partial charge in [-0.2, -0.15) is 0 Å². The maximum atomic E-state index is 5.90. The first-order valence-electron chi connectivity index (χ1n) is 6.66.